The molecule has 1 heterocycles. The lowest BCUT2D eigenvalue weighted by Crippen LogP contribution is -2.02. The first-order valence-electron chi connectivity index (χ1n) is 4.70. The summed E-state index contributed by atoms with van der Waals surface area (Å²) in [7, 11) is 0. The number of ketones is 1. The third kappa shape index (κ3) is 1.81. The number of nitrogens with zero attached hydrogens (tertiary/aromatic N) is 1. The van der Waals surface area contributed by atoms with E-state index in [4.69, 9.17) is 4.42 Å². The minimum Gasteiger partial charge on any atom is -0.442 e. The average molecular weight is 201 g/mol. The molecule has 76 valence electrons. The third-order valence-electron chi connectivity index (χ3n) is 2.40. The van der Waals surface area contributed by atoms with Crippen molar-refractivity contribution in [3.63, 3.8) is 0 Å². The molecule has 0 unspecified atom stereocenters. The molecule has 0 spiro atoms. The van der Waals surface area contributed by atoms with E-state index in [9.17, 15) is 4.79 Å². The highest BCUT2D eigenvalue weighted by molar-refractivity contribution is 6.05. The van der Waals surface area contributed by atoms with Crippen molar-refractivity contribution < 1.29 is 9.21 Å². The number of rotatable bonds is 2. The second-order valence-corrected chi connectivity index (χ2v) is 3.47. The van der Waals surface area contributed by atoms with Gasteiger partial charge in [0.15, 0.2) is 0 Å². The van der Waals surface area contributed by atoms with Crippen LogP contribution in [-0.2, 0) is 0 Å². The Kier molecular flexibility index (Phi) is 2.37. The van der Waals surface area contributed by atoms with Crippen molar-refractivity contribution in [2.45, 2.75) is 13.8 Å². The van der Waals surface area contributed by atoms with Crippen LogP contribution in [0.3, 0.4) is 0 Å². The molecular weight excluding hydrogens is 190 g/mol. The zero-order valence-corrected chi connectivity index (χ0v) is 8.65. The van der Waals surface area contributed by atoms with Crippen LogP contribution in [0.2, 0.25) is 0 Å². The van der Waals surface area contributed by atoms with Crippen molar-refractivity contribution in [1.82, 2.24) is 4.98 Å². The summed E-state index contributed by atoms with van der Waals surface area (Å²) >= 11 is 0. The lowest BCUT2D eigenvalue weighted by atomic mass is 10.0. The molecule has 3 nitrogen and oxygen atoms in total. The van der Waals surface area contributed by atoms with Gasteiger partial charge in [-0.25, -0.2) is 4.98 Å². The molecule has 0 bridgehead atoms. The smallest absolute Gasteiger partial charge is 0.268 e. The maximum atomic E-state index is 11.8. The third-order valence-corrected chi connectivity index (χ3v) is 2.40. The molecule has 0 aliphatic heterocycles. The number of hydrogen-bond acceptors (Lipinski definition) is 3. The average Bonchev–Trinajstić information content (AvgIpc) is 2.74. The summed E-state index contributed by atoms with van der Waals surface area (Å²) in [6.07, 6.45) is 2.86. The second-order valence-electron chi connectivity index (χ2n) is 3.47. The molecule has 0 N–H and O–H groups in total. The van der Waals surface area contributed by atoms with Crippen LogP contribution in [0.1, 0.15) is 27.4 Å². The summed E-state index contributed by atoms with van der Waals surface area (Å²) in [6.45, 7) is 3.98. The first kappa shape index (κ1) is 9.65. The molecule has 0 radical (unpaired) electrons. The van der Waals surface area contributed by atoms with Crippen molar-refractivity contribution in [2.24, 2.45) is 0 Å². The van der Waals surface area contributed by atoms with E-state index in [1.807, 2.05) is 26.0 Å². The van der Waals surface area contributed by atoms with Gasteiger partial charge >= 0.3 is 0 Å². The fourth-order valence-corrected chi connectivity index (χ4v) is 1.34. The number of carbonyl (C=O) groups excluding carboxylic acids is 1. The van der Waals surface area contributed by atoms with E-state index in [1.165, 1.54) is 18.0 Å². The predicted molar refractivity (Wildman–Crippen MR) is 55.9 cm³/mol. The van der Waals surface area contributed by atoms with Gasteiger partial charge < -0.3 is 4.42 Å². The molecule has 15 heavy (non-hydrogen) atoms. The van der Waals surface area contributed by atoms with E-state index >= 15 is 0 Å². The molecule has 0 amide bonds. The monoisotopic (exact) mass is 201 g/mol. The normalized spacial score (nSPS) is 10.3. The Balaban J connectivity index is 2.39. The van der Waals surface area contributed by atoms with E-state index < -0.39 is 0 Å². The number of benzene rings is 1. The van der Waals surface area contributed by atoms with Crippen LogP contribution in [0.15, 0.2) is 35.1 Å². The quantitative estimate of drug-likeness (QED) is 0.701. The largest absolute Gasteiger partial charge is 0.442 e. The second kappa shape index (κ2) is 3.69. The summed E-state index contributed by atoms with van der Waals surface area (Å²) in [5.41, 5.74) is 2.87. The van der Waals surface area contributed by atoms with Gasteiger partial charge in [0.25, 0.3) is 5.89 Å². The van der Waals surface area contributed by atoms with Crippen LogP contribution in [0, 0.1) is 13.8 Å². The molecule has 3 heteroatoms. The predicted octanol–water partition coefficient (Wildman–Crippen LogP) is 2.52. The molecule has 0 aliphatic carbocycles. The van der Waals surface area contributed by atoms with Crippen molar-refractivity contribution in [2.75, 3.05) is 0 Å². The lowest BCUT2D eigenvalue weighted by molar-refractivity contribution is 0.100. The number of hydrogen-bond donors (Lipinski definition) is 0. The van der Waals surface area contributed by atoms with E-state index in [0.717, 1.165) is 5.56 Å². The molecule has 0 fully saturated rings. The van der Waals surface area contributed by atoms with Crippen LogP contribution in [0.4, 0.5) is 0 Å². The van der Waals surface area contributed by atoms with Crippen molar-refractivity contribution in [1.29, 1.82) is 0 Å². The van der Waals surface area contributed by atoms with Crippen molar-refractivity contribution in [3.8, 4) is 0 Å². The highest BCUT2D eigenvalue weighted by Gasteiger charge is 2.13. The summed E-state index contributed by atoms with van der Waals surface area (Å²) in [4.78, 5) is 15.6. The number of aryl methyl sites for hydroxylation is 2. The Hall–Kier alpha value is -1.90. The number of aromatic nitrogens is 1. The number of carbonyl (C=O) groups is 1. The summed E-state index contributed by atoms with van der Waals surface area (Å²) in [5, 5.41) is 0. The standard InChI is InChI=1S/C12H11NO2/c1-8-3-4-10(7-9(8)2)11(14)12-13-5-6-15-12/h3-7H,1-2H3. The van der Waals surface area contributed by atoms with Crippen LogP contribution in [0.5, 0.6) is 0 Å². The van der Waals surface area contributed by atoms with E-state index in [0.29, 0.717) is 5.56 Å². The molecule has 2 rings (SSSR count). The van der Waals surface area contributed by atoms with E-state index in [1.54, 1.807) is 6.07 Å². The Labute approximate surface area is 87.8 Å². The SMILES string of the molecule is Cc1ccc(C(=O)c2ncco2)cc1C. The van der Waals surface area contributed by atoms with Gasteiger partial charge in [-0.05, 0) is 31.0 Å². The Morgan fingerprint density at radius 1 is 1.27 bits per heavy atom. The van der Waals surface area contributed by atoms with Crippen molar-refractivity contribution in [3.05, 3.63) is 53.2 Å². The van der Waals surface area contributed by atoms with Gasteiger partial charge in [-0.2, -0.15) is 0 Å². The van der Waals surface area contributed by atoms with Crippen LogP contribution in [-0.4, -0.2) is 10.8 Å². The zero-order valence-electron chi connectivity index (χ0n) is 8.65. The number of oxazole rings is 1. The zero-order chi connectivity index (χ0) is 10.8. The Morgan fingerprint density at radius 2 is 2.07 bits per heavy atom. The fourth-order valence-electron chi connectivity index (χ4n) is 1.34. The fraction of sp³-hybridized carbons (Fsp3) is 0.167. The molecule has 0 atom stereocenters. The summed E-state index contributed by atoms with van der Waals surface area (Å²) < 4.78 is 4.96. The molecular formula is C12H11NO2. The minimum absolute atomic E-state index is 0.137. The van der Waals surface area contributed by atoms with Gasteiger partial charge in [0.05, 0.1) is 6.20 Å². The van der Waals surface area contributed by atoms with Gasteiger partial charge in [-0.1, -0.05) is 12.1 Å². The molecule has 1 aromatic carbocycles. The highest BCUT2D eigenvalue weighted by Crippen LogP contribution is 2.13. The molecule has 0 saturated carbocycles. The summed E-state index contributed by atoms with van der Waals surface area (Å²) in [6, 6.07) is 5.56. The van der Waals surface area contributed by atoms with Crippen LogP contribution >= 0.6 is 0 Å². The molecule has 2 aromatic rings. The first-order valence-corrected chi connectivity index (χ1v) is 4.70. The highest BCUT2D eigenvalue weighted by atomic mass is 16.3. The van der Waals surface area contributed by atoms with Gasteiger partial charge in [-0.3, -0.25) is 4.79 Å². The van der Waals surface area contributed by atoms with Gasteiger partial charge in [0.1, 0.15) is 6.26 Å². The van der Waals surface area contributed by atoms with Crippen LogP contribution in [0.25, 0.3) is 0 Å². The first-order chi connectivity index (χ1) is 7.18. The molecule has 0 saturated heterocycles. The maximum absolute atomic E-state index is 11.8. The van der Waals surface area contributed by atoms with E-state index in [-0.39, 0.29) is 11.7 Å². The van der Waals surface area contributed by atoms with Gasteiger partial charge in [0.2, 0.25) is 5.78 Å². The van der Waals surface area contributed by atoms with E-state index in [2.05, 4.69) is 4.98 Å². The Morgan fingerprint density at radius 3 is 2.67 bits per heavy atom. The van der Waals surface area contributed by atoms with Crippen LogP contribution < -0.4 is 0 Å². The minimum atomic E-state index is -0.178. The summed E-state index contributed by atoms with van der Waals surface area (Å²) in [5.74, 6) is -0.0404. The topological polar surface area (TPSA) is 43.1 Å². The molecule has 0 aliphatic rings. The van der Waals surface area contributed by atoms with Gasteiger partial charge in [-0.15, -0.1) is 0 Å². The molecule has 1 aromatic heterocycles. The maximum Gasteiger partial charge on any atom is 0.268 e. The van der Waals surface area contributed by atoms with Gasteiger partial charge in [0, 0.05) is 5.56 Å². The lowest BCUT2D eigenvalue weighted by Gasteiger charge is -2.01. The Bertz CT molecular complexity index is 486. The van der Waals surface area contributed by atoms with Crippen molar-refractivity contribution >= 4 is 5.78 Å².